The summed E-state index contributed by atoms with van der Waals surface area (Å²) in [4.78, 5) is 11.6. The molecule has 0 saturated carbocycles. The van der Waals surface area contributed by atoms with Gasteiger partial charge in [0.25, 0.3) is 0 Å². The van der Waals surface area contributed by atoms with E-state index in [9.17, 15) is 0 Å². The van der Waals surface area contributed by atoms with E-state index in [1.807, 2.05) is 39.8 Å². The Morgan fingerprint density at radius 3 is 2.00 bits per heavy atom. The molecule has 0 radical (unpaired) electrons. The van der Waals surface area contributed by atoms with Crippen LogP contribution < -0.4 is 15.4 Å². The molecule has 0 bridgehead atoms. The smallest absolute Gasteiger partial charge is 0.217 e. The predicted molar refractivity (Wildman–Crippen MR) is 128 cm³/mol. The summed E-state index contributed by atoms with van der Waals surface area (Å²) in [5.74, 6) is 1.17. The zero-order valence-electron chi connectivity index (χ0n) is 20.2. The van der Waals surface area contributed by atoms with Gasteiger partial charge in [-0.3, -0.25) is 4.90 Å². The molecular weight excluding hydrogens is 362 g/mol. The molecule has 2 N–H and O–H groups in total. The number of hydrogen-bond donors (Lipinski definition) is 1. The zero-order valence-corrected chi connectivity index (χ0v) is 20.2. The lowest BCUT2D eigenvalue weighted by atomic mass is 10.3. The standard InChI is InChI=1S/C19H35N5O.2C2H6/c1-4-7-24(8-5-2)17-15-18(20)21-19(16-17)25-14-13-23-11-9-22(6-3)10-12-23;2*1-2/h15-16H,4-14H2,1-3H3,(H2,20,21);2*1-2H3. The van der Waals surface area contributed by atoms with Crippen LogP contribution in [-0.4, -0.2) is 73.7 Å². The number of aromatic nitrogens is 1. The molecule has 1 saturated heterocycles. The van der Waals surface area contributed by atoms with Gasteiger partial charge in [0, 0.05) is 63.6 Å². The van der Waals surface area contributed by atoms with Gasteiger partial charge in [-0.1, -0.05) is 48.5 Å². The second-order valence-corrected chi connectivity index (χ2v) is 6.70. The van der Waals surface area contributed by atoms with E-state index in [-0.39, 0.29) is 0 Å². The van der Waals surface area contributed by atoms with Gasteiger partial charge in [0.05, 0.1) is 0 Å². The number of nitrogen functional groups attached to an aromatic ring is 1. The lowest BCUT2D eigenvalue weighted by Crippen LogP contribution is -2.47. The number of anilines is 2. The molecule has 1 aliphatic rings. The van der Waals surface area contributed by atoms with Crippen molar-refractivity contribution in [2.75, 3.05) is 69.6 Å². The first-order valence-electron chi connectivity index (χ1n) is 11.8. The molecule has 1 aliphatic heterocycles. The minimum Gasteiger partial charge on any atom is -0.476 e. The molecule has 2 rings (SSSR count). The quantitative estimate of drug-likeness (QED) is 0.620. The molecule has 0 amide bonds. The molecule has 0 aliphatic carbocycles. The molecule has 0 spiro atoms. The summed E-state index contributed by atoms with van der Waals surface area (Å²) >= 11 is 0. The third-order valence-electron chi connectivity index (χ3n) is 4.73. The average molecular weight is 410 g/mol. The van der Waals surface area contributed by atoms with Crippen molar-refractivity contribution in [2.24, 2.45) is 0 Å². The fourth-order valence-electron chi connectivity index (χ4n) is 3.29. The van der Waals surface area contributed by atoms with E-state index >= 15 is 0 Å². The Labute approximate surface area is 180 Å². The van der Waals surface area contributed by atoms with Gasteiger partial charge in [0.2, 0.25) is 5.88 Å². The summed E-state index contributed by atoms with van der Waals surface area (Å²) in [5.41, 5.74) is 7.11. The first-order valence-corrected chi connectivity index (χ1v) is 11.8. The van der Waals surface area contributed by atoms with Crippen molar-refractivity contribution in [3.63, 3.8) is 0 Å². The maximum Gasteiger partial charge on any atom is 0.217 e. The van der Waals surface area contributed by atoms with E-state index in [0.29, 0.717) is 18.3 Å². The Bertz CT molecular complexity index is 498. The molecule has 1 fully saturated rings. The van der Waals surface area contributed by atoms with Gasteiger partial charge in [-0.25, -0.2) is 0 Å². The molecule has 0 aromatic carbocycles. The second-order valence-electron chi connectivity index (χ2n) is 6.70. The van der Waals surface area contributed by atoms with Crippen LogP contribution in [0.1, 0.15) is 61.3 Å². The van der Waals surface area contributed by atoms with E-state index in [1.54, 1.807) is 0 Å². The highest BCUT2D eigenvalue weighted by molar-refractivity contribution is 5.55. The van der Waals surface area contributed by atoms with E-state index in [1.165, 1.54) is 0 Å². The van der Waals surface area contributed by atoms with E-state index < -0.39 is 0 Å². The van der Waals surface area contributed by atoms with E-state index in [0.717, 1.165) is 70.9 Å². The SMILES string of the molecule is CC.CC.CCCN(CCC)c1cc(N)nc(OCCN2CCN(CC)CC2)c1. The monoisotopic (exact) mass is 409 g/mol. The highest BCUT2D eigenvalue weighted by Gasteiger charge is 2.15. The first-order chi connectivity index (χ1) is 14.2. The van der Waals surface area contributed by atoms with Crippen molar-refractivity contribution in [2.45, 2.75) is 61.3 Å². The third-order valence-corrected chi connectivity index (χ3v) is 4.73. The summed E-state index contributed by atoms with van der Waals surface area (Å²) in [6, 6.07) is 3.97. The van der Waals surface area contributed by atoms with Crippen molar-refractivity contribution in [1.29, 1.82) is 0 Å². The van der Waals surface area contributed by atoms with Crippen molar-refractivity contribution in [3.05, 3.63) is 12.1 Å². The zero-order chi connectivity index (χ0) is 22.1. The van der Waals surface area contributed by atoms with Crippen LogP contribution in [0.5, 0.6) is 5.88 Å². The molecule has 0 unspecified atom stereocenters. The van der Waals surface area contributed by atoms with Gasteiger partial charge >= 0.3 is 0 Å². The number of hydrogen-bond acceptors (Lipinski definition) is 6. The molecule has 6 heteroatoms. The molecule has 1 aromatic heterocycles. The highest BCUT2D eigenvalue weighted by Crippen LogP contribution is 2.23. The van der Waals surface area contributed by atoms with E-state index in [4.69, 9.17) is 10.5 Å². The predicted octanol–water partition coefficient (Wildman–Crippen LogP) is 4.36. The highest BCUT2D eigenvalue weighted by atomic mass is 16.5. The Morgan fingerprint density at radius 1 is 0.931 bits per heavy atom. The Kier molecular flexibility index (Phi) is 16.4. The van der Waals surface area contributed by atoms with Crippen LogP contribution in [0.4, 0.5) is 11.5 Å². The normalized spacial score (nSPS) is 14.3. The van der Waals surface area contributed by atoms with Gasteiger partial charge in [-0.05, 0) is 19.4 Å². The molecule has 0 atom stereocenters. The van der Waals surface area contributed by atoms with Crippen LogP contribution in [0, 0.1) is 0 Å². The molecular formula is C23H47N5O. The Morgan fingerprint density at radius 2 is 1.48 bits per heavy atom. The maximum absolute atomic E-state index is 6.00. The van der Waals surface area contributed by atoms with Crippen LogP contribution in [0.25, 0.3) is 0 Å². The number of nitrogens with two attached hydrogens (primary N) is 1. The molecule has 1 aromatic rings. The number of rotatable bonds is 10. The van der Waals surface area contributed by atoms with Gasteiger partial charge < -0.3 is 20.3 Å². The molecule has 170 valence electrons. The van der Waals surface area contributed by atoms with Crippen LogP contribution in [0.3, 0.4) is 0 Å². The first kappa shape index (κ1) is 27.5. The van der Waals surface area contributed by atoms with Crippen LogP contribution in [0.15, 0.2) is 12.1 Å². The van der Waals surface area contributed by atoms with Gasteiger partial charge in [-0.2, -0.15) is 4.98 Å². The Balaban J connectivity index is 0.00000184. The van der Waals surface area contributed by atoms with Gasteiger partial charge in [-0.15, -0.1) is 0 Å². The average Bonchev–Trinajstić information content (AvgIpc) is 2.76. The number of piperazine rings is 1. The molecule has 29 heavy (non-hydrogen) atoms. The third kappa shape index (κ3) is 10.7. The minimum atomic E-state index is 0.529. The van der Waals surface area contributed by atoms with Crippen molar-refractivity contribution in [1.82, 2.24) is 14.8 Å². The maximum atomic E-state index is 6.00. The summed E-state index contributed by atoms with van der Waals surface area (Å²) < 4.78 is 5.92. The summed E-state index contributed by atoms with van der Waals surface area (Å²) in [5, 5.41) is 0. The Hall–Kier alpha value is -1.53. The topological polar surface area (TPSA) is 57.9 Å². The fraction of sp³-hybridized carbons (Fsp3) is 0.783. The van der Waals surface area contributed by atoms with E-state index in [2.05, 4.69) is 40.5 Å². The summed E-state index contributed by atoms with van der Waals surface area (Å²) in [6.45, 7) is 24.0. The van der Waals surface area contributed by atoms with Crippen molar-refractivity contribution < 1.29 is 4.74 Å². The number of ether oxygens (including phenoxy) is 1. The molecule has 2 heterocycles. The number of pyridine rings is 1. The largest absolute Gasteiger partial charge is 0.476 e. The summed E-state index contributed by atoms with van der Waals surface area (Å²) in [6.07, 6.45) is 2.23. The van der Waals surface area contributed by atoms with Gasteiger partial charge in [0.1, 0.15) is 12.4 Å². The lowest BCUT2D eigenvalue weighted by molar-refractivity contribution is 0.120. The van der Waals surface area contributed by atoms with Crippen molar-refractivity contribution >= 4 is 11.5 Å². The summed E-state index contributed by atoms with van der Waals surface area (Å²) in [7, 11) is 0. The number of nitrogens with zero attached hydrogens (tertiary/aromatic N) is 4. The van der Waals surface area contributed by atoms with Crippen LogP contribution in [0.2, 0.25) is 0 Å². The van der Waals surface area contributed by atoms with Crippen molar-refractivity contribution in [3.8, 4) is 5.88 Å². The lowest BCUT2D eigenvalue weighted by Gasteiger charge is -2.33. The minimum absolute atomic E-state index is 0.529. The fourth-order valence-corrected chi connectivity index (χ4v) is 3.29. The number of likely N-dealkylation sites (N-methyl/N-ethyl adjacent to an activating group) is 1. The van der Waals surface area contributed by atoms with Gasteiger partial charge in [0.15, 0.2) is 0 Å². The van der Waals surface area contributed by atoms with Crippen LogP contribution >= 0.6 is 0 Å². The van der Waals surface area contributed by atoms with Crippen LogP contribution in [-0.2, 0) is 0 Å². The second kappa shape index (κ2) is 17.3. The molecule has 6 nitrogen and oxygen atoms in total.